The second-order valence-electron chi connectivity index (χ2n) is 4.94. The fourth-order valence-electron chi connectivity index (χ4n) is 2.24. The van der Waals surface area contributed by atoms with Crippen molar-refractivity contribution in [3.05, 3.63) is 35.7 Å². The van der Waals surface area contributed by atoms with Crippen LogP contribution in [0.4, 0.5) is 0 Å². The molecule has 0 amide bonds. The van der Waals surface area contributed by atoms with Crippen molar-refractivity contribution in [1.82, 2.24) is 9.71 Å². The Kier molecular flexibility index (Phi) is 4.86. The highest BCUT2D eigenvalue weighted by atomic mass is 16.6. The normalized spacial score (nSPS) is 11.6. The van der Waals surface area contributed by atoms with Crippen LogP contribution < -0.4 is 9.57 Å². The van der Waals surface area contributed by atoms with Gasteiger partial charge in [-0.15, -0.1) is 0 Å². The van der Waals surface area contributed by atoms with Crippen molar-refractivity contribution in [2.24, 2.45) is 0 Å². The summed E-state index contributed by atoms with van der Waals surface area (Å²) in [6, 6.07) is 9.14. The Morgan fingerprint density at radius 3 is 2.78 bits per heavy atom. The standard InChI is InChI=1S/C16H17N3O4/c1-10(8-9-17)23-13-7-5-4-6-12(13)15-18-11(2)14(16(20)21)19(15)22-3/h4-7,10H,8H2,1-3H3,(H,20,21). The molecular weight excluding hydrogens is 298 g/mol. The molecular formula is C16H17N3O4. The summed E-state index contributed by atoms with van der Waals surface area (Å²) in [5.74, 6) is -0.281. The number of carboxylic acids is 1. The molecule has 23 heavy (non-hydrogen) atoms. The van der Waals surface area contributed by atoms with Crippen LogP contribution in [0.25, 0.3) is 11.4 Å². The van der Waals surface area contributed by atoms with E-state index in [1.54, 1.807) is 38.1 Å². The van der Waals surface area contributed by atoms with Crippen molar-refractivity contribution in [3.63, 3.8) is 0 Å². The van der Waals surface area contributed by atoms with Crippen LogP contribution in [0.3, 0.4) is 0 Å². The van der Waals surface area contributed by atoms with Gasteiger partial charge in [0.25, 0.3) is 0 Å². The second-order valence-corrected chi connectivity index (χ2v) is 4.94. The van der Waals surface area contributed by atoms with Crippen LogP contribution in [-0.2, 0) is 0 Å². The van der Waals surface area contributed by atoms with Crippen LogP contribution in [0.15, 0.2) is 24.3 Å². The largest absolute Gasteiger partial charge is 0.489 e. The highest BCUT2D eigenvalue weighted by Crippen LogP contribution is 2.31. The molecule has 0 fully saturated rings. The topological polar surface area (TPSA) is 97.4 Å². The van der Waals surface area contributed by atoms with Gasteiger partial charge in [0, 0.05) is 0 Å². The van der Waals surface area contributed by atoms with Gasteiger partial charge in [0.05, 0.1) is 23.7 Å². The average Bonchev–Trinajstić information content (AvgIpc) is 2.84. The maximum absolute atomic E-state index is 11.4. The van der Waals surface area contributed by atoms with E-state index in [0.717, 1.165) is 4.73 Å². The third kappa shape index (κ3) is 3.26. The van der Waals surface area contributed by atoms with Crippen molar-refractivity contribution in [3.8, 4) is 23.2 Å². The Hall–Kier alpha value is -3.01. The van der Waals surface area contributed by atoms with E-state index in [2.05, 4.69) is 4.98 Å². The molecule has 120 valence electrons. The molecule has 0 saturated carbocycles. The van der Waals surface area contributed by atoms with E-state index in [-0.39, 0.29) is 18.2 Å². The van der Waals surface area contributed by atoms with Crippen LogP contribution in [0.2, 0.25) is 0 Å². The molecule has 1 N–H and O–H groups in total. The number of carboxylic acid groups (broad SMARTS) is 1. The number of benzene rings is 1. The minimum atomic E-state index is -1.13. The number of aromatic nitrogens is 2. The second kappa shape index (κ2) is 6.83. The number of carbonyl (C=O) groups is 1. The van der Waals surface area contributed by atoms with Crippen molar-refractivity contribution in [2.45, 2.75) is 26.4 Å². The van der Waals surface area contributed by atoms with E-state index < -0.39 is 5.97 Å². The predicted molar refractivity (Wildman–Crippen MR) is 82.2 cm³/mol. The molecule has 2 aromatic rings. The maximum Gasteiger partial charge on any atom is 0.357 e. The van der Waals surface area contributed by atoms with Gasteiger partial charge in [-0.2, -0.15) is 9.99 Å². The predicted octanol–water partition coefficient (Wildman–Crippen LogP) is 2.30. The van der Waals surface area contributed by atoms with Gasteiger partial charge in [0.2, 0.25) is 0 Å². The lowest BCUT2D eigenvalue weighted by atomic mass is 10.2. The summed E-state index contributed by atoms with van der Waals surface area (Å²) in [5.41, 5.74) is 0.895. The van der Waals surface area contributed by atoms with Crippen LogP contribution in [0.5, 0.6) is 5.75 Å². The molecule has 0 aliphatic heterocycles. The lowest BCUT2D eigenvalue weighted by Crippen LogP contribution is -2.16. The van der Waals surface area contributed by atoms with E-state index in [1.165, 1.54) is 7.11 Å². The smallest absolute Gasteiger partial charge is 0.357 e. The first-order valence-corrected chi connectivity index (χ1v) is 6.99. The molecule has 0 saturated heterocycles. The molecule has 0 aliphatic carbocycles. The van der Waals surface area contributed by atoms with Crippen LogP contribution >= 0.6 is 0 Å². The number of nitriles is 1. The molecule has 1 unspecified atom stereocenters. The molecule has 0 radical (unpaired) electrons. The summed E-state index contributed by atoms with van der Waals surface area (Å²) in [4.78, 5) is 20.9. The Morgan fingerprint density at radius 1 is 1.48 bits per heavy atom. The van der Waals surface area contributed by atoms with Gasteiger partial charge in [-0.1, -0.05) is 12.1 Å². The minimum absolute atomic E-state index is 0.0395. The monoisotopic (exact) mass is 315 g/mol. The van der Waals surface area contributed by atoms with E-state index >= 15 is 0 Å². The molecule has 0 bridgehead atoms. The quantitative estimate of drug-likeness (QED) is 0.878. The summed E-state index contributed by atoms with van der Waals surface area (Å²) in [5, 5.41) is 18.1. The highest BCUT2D eigenvalue weighted by Gasteiger charge is 2.24. The number of ether oxygens (including phenoxy) is 1. The average molecular weight is 315 g/mol. The number of aryl methyl sites for hydroxylation is 1. The lowest BCUT2D eigenvalue weighted by Gasteiger charge is -2.15. The van der Waals surface area contributed by atoms with Gasteiger partial charge < -0.3 is 14.7 Å². The summed E-state index contributed by atoms with van der Waals surface area (Å²) in [6.45, 7) is 3.39. The third-order valence-electron chi connectivity index (χ3n) is 3.23. The fourth-order valence-corrected chi connectivity index (χ4v) is 2.24. The van der Waals surface area contributed by atoms with Gasteiger partial charge in [-0.25, -0.2) is 9.78 Å². The first-order valence-electron chi connectivity index (χ1n) is 6.99. The molecule has 0 aliphatic rings. The van der Waals surface area contributed by atoms with E-state index in [1.807, 2.05) is 6.07 Å². The zero-order valence-electron chi connectivity index (χ0n) is 13.1. The number of nitrogens with zero attached hydrogens (tertiary/aromatic N) is 3. The molecule has 1 heterocycles. The number of imidazole rings is 1. The van der Waals surface area contributed by atoms with E-state index in [0.29, 0.717) is 22.8 Å². The molecule has 1 aromatic heterocycles. The van der Waals surface area contributed by atoms with Gasteiger partial charge in [0.1, 0.15) is 19.0 Å². The third-order valence-corrected chi connectivity index (χ3v) is 3.23. The summed E-state index contributed by atoms with van der Waals surface area (Å²) < 4.78 is 6.93. The van der Waals surface area contributed by atoms with E-state index in [4.69, 9.17) is 14.8 Å². The molecule has 7 nitrogen and oxygen atoms in total. The van der Waals surface area contributed by atoms with Crippen LogP contribution in [0.1, 0.15) is 29.5 Å². The van der Waals surface area contributed by atoms with Gasteiger partial charge >= 0.3 is 5.97 Å². The Morgan fingerprint density at radius 2 is 2.17 bits per heavy atom. The minimum Gasteiger partial charge on any atom is -0.489 e. The Balaban J connectivity index is 2.53. The number of para-hydroxylation sites is 1. The van der Waals surface area contributed by atoms with Crippen LogP contribution in [-0.4, -0.2) is 34.0 Å². The first-order chi connectivity index (χ1) is 11.0. The van der Waals surface area contributed by atoms with Gasteiger partial charge in [0.15, 0.2) is 11.5 Å². The van der Waals surface area contributed by atoms with Gasteiger partial charge in [-0.3, -0.25) is 0 Å². The Bertz CT molecular complexity index is 761. The lowest BCUT2D eigenvalue weighted by molar-refractivity contribution is 0.0640. The number of hydrogen-bond donors (Lipinski definition) is 1. The first kappa shape index (κ1) is 16.4. The Labute approximate surface area is 133 Å². The molecule has 1 atom stereocenters. The summed E-state index contributed by atoms with van der Waals surface area (Å²) in [6.07, 6.45) is -0.0564. The maximum atomic E-state index is 11.4. The zero-order chi connectivity index (χ0) is 17.0. The molecule has 2 rings (SSSR count). The highest BCUT2D eigenvalue weighted by molar-refractivity contribution is 5.88. The SMILES string of the molecule is COn1c(-c2ccccc2OC(C)CC#N)nc(C)c1C(=O)O. The van der Waals surface area contributed by atoms with E-state index in [9.17, 15) is 9.90 Å². The number of aromatic carboxylic acids is 1. The zero-order valence-corrected chi connectivity index (χ0v) is 13.1. The summed E-state index contributed by atoms with van der Waals surface area (Å²) in [7, 11) is 1.37. The van der Waals surface area contributed by atoms with Crippen LogP contribution in [0, 0.1) is 18.3 Å². The van der Waals surface area contributed by atoms with Crippen molar-refractivity contribution in [2.75, 3.05) is 7.11 Å². The fraction of sp³-hybridized carbons (Fsp3) is 0.312. The van der Waals surface area contributed by atoms with Crippen molar-refractivity contribution in [1.29, 1.82) is 5.26 Å². The van der Waals surface area contributed by atoms with Crippen molar-refractivity contribution < 1.29 is 19.5 Å². The number of hydrogen-bond acceptors (Lipinski definition) is 5. The molecule has 1 aromatic carbocycles. The van der Waals surface area contributed by atoms with Gasteiger partial charge in [-0.05, 0) is 26.0 Å². The summed E-state index contributed by atoms with van der Waals surface area (Å²) >= 11 is 0. The molecule has 7 heteroatoms. The molecule has 0 spiro atoms. The van der Waals surface area contributed by atoms with Crippen molar-refractivity contribution >= 4 is 5.97 Å². The number of rotatable bonds is 6.